The Morgan fingerprint density at radius 3 is 2.78 bits per heavy atom. The molecule has 2 aromatic heterocycles. The fourth-order valence-electron chi connectivity index (χ4n) is 3.38. The Bertz CT molecular complexity index is 888. The van der Waals surface area contributed by atoms with Crippen LogP contribution < -0.4 is 10.6 Å². The van der Waals surface area contributed by atoms with Crippen LogP contribution >= 0.6 is 12.4 Å². The van der Waals surface area contributed by atoms with Crippen molar-refractivity contribution in [2.75, 3.05) is 18.4 Å². The molecule has 1 saturated heterocycles. The van der Waals surface area contributed by atoms with Gasteiger partial charge in [0.1, 0.15) is 11.9 Å². The number of halogens is 1. The molecule has 27 heavy (non-hydrogen) atoms. The van der Waals surface area contributed by atoms with Crippen LogP contribution in [0.3, 0.4) is 0 Å². The number of aromatic nitrogens is 6. The molecule has 0 radical (unpaired) electrons. The SMILES string of the molecule is Cc1ccc(NC(=O)C2(n3cccn3)CCNCC2)cc1-n1cnnn1.Cl. The molecule has 0 aliphatic carbocycles. The van der Waals surface area contributed by atoms with E-state index >= 15 is 0 Å². The average molecular weight is 389 g/mol. The molecule has 0 unspecified atom stereocenters. The van der Waals surface area contributed by atoms with E-state index in [1.54, 1.807) is 15.6 Å². The van der Waals surface area contributed by atoms with Crippen molar-refractivity contribution in [3.63, 3.8) is 0 Å². The Hall–Kier alpha value is -2.78. The smallest absolute Gasteiger partial charge is 0.252 e. The van der Waals surface area contributed by atoms with Crippen LogP contribution in [0.2, 0.25) is 0 Å². The predicted octanol–water partition coefficient (Wildman–Crippen LogP) is 1.31. The third-order valence-corrected chi connectivity index (χ3v) is 4.86. The van der Waals surface area contributed by atoms with Gasteiger partial charge in [-0.2, -0.15) is 5.10 Å². The minimum Gasteiger partial charge on any atom is -0.324 e. The number of carbonyl (C=O) groups excluding carboxylic acids is 1. The van der Waals surface area contributed by atoms with Crippen LogP contribution in [-0.2, 0) is 10.3 Å². The van der Waals surface area contributed by atoms with E-state index in [0.717, 1.165) is 24.3 Å². The van der Waals surface area contributed by atoms with Gasteiger partial charge in [0.15, 0.2) is 0 Å². The molecule has 4 rings (SSSR count). The van der Waals surface area contributed by atoms with Gasteiger partial charge in [-0.25, -0.2) is 4.68 Å². The number of benzene rings is 1. The second-order valence-corrected chi connectivity index (χ2v) is 6.44. The summed E-state index contributed by atoms with van der Waals surface area (Å²) in [6.45, 7) is 3.52. The highest BCUT2D eigenvalue weighted by Gasteiger charge is 2.42. The van der Waals surface area contributed by atoms with Crippen molar-refractivity contribution in [2.24, 2.45) is 0 Å². The minimum absolute atomic E-state index is 0. The van der Waals surface area contributed by atoms with E-state index in [-0.39, 0.29) is 18.3 Å². The summed E-state index contributed by atoms with van der Waals surface area (Å²) in [5, 5.41) is 22.0. The van der Waals surface area contributed by atoms with E-state index in [1.165, 1.54) is 6.33 Å². The summed E-state index contributed by atoms with van der Waals surface area (Å²) in [6, 6.07) is 7.55. The van der Waals surface area contributed by atoms with Gasteiger partial charge < -0.3 is 10.6 Å². The Balaban J connectivity index is 0.00000210. The molecule has 142 valence electrons. The fourth-order valence-corrected chi connectivity index (χ4v) is 3.38. The Morgan fingerprint density at radius 1 is 1.30 bits per heavy atom. The molecule has 10 heteroatoms. The fraction of sp³-hybridized carbons (Fsp3) is 0.353. The third kappa shape index (κ3) is 3.56. The lowest BCUT2D eigenvalue weighted by Gasteiger charge is -2.36. The molecule has 0 saturated carbocycles. The highest BCUT2D eigenvalue weighted by atomic mass is 35.5. The molecule has 3 heterocycles. The van der Waals surface area contributed by atoms with Crippen LogP contribution in [-0.4, -0.2) is 49.0 Å². The molecule has 1 aromatic carbocycles. The summed E-state index contributed by atoms with van der Waals surface area (Å²) in [5.41, 5.74) is 1.86. The maximum atomic E-state index is 13.2. The number of carbonyl (C=O) groups is 1. The van der Waals surface area contributed by atoms with Crippen molar-refractivity contribution in [3.05, 3.63) is 48.5 Å². The number of rotatable bonds is 4. The van der Waals surface area contributed by atoms with Crippen LogP contribution in [0.25, 0.3) is 5.69 Å². The number of hydrogen-bond donors (Lipinski definition) is 2. The van der Waals surface area contributed by atoms with Crippen LogP contribution in [0.15, 0.2) is 43.0 Å². The Morgan fingerprint density at radius 2 is 2.11 bits per heavy atom. The van der Waals surface area contributed by atoms with Gasteiger partial charge in [0.25, 0.3) is 5.91 Å². The topological polar surface area (TPSA) is 103 Å². The van der Waals surface area contributed by atoms with Gasteiger partial charge in [0.2, 0.25) is 0 Å². The van der Waals surface area contributed by atoms with Crippen molar-refractivity contribution in [1.82, 2.24) is 35.3 Å². The van der Waals surface area contributed by atoms with Gasteiger partial charge in [0.05, 0.1) is 5.69 Å². The van der Waals surface area contributed by atoms with Crippen molar-refractivity contribution in [1.29, 1.82) is 0 Å². The largest absolute Gasteiger partial charge is 0.324 e. The minimum atomic E-state index is -0.686. The van der Waals surface area contributed by atoms with Gasteiger partial charge in [-0.15, -0.1) is 17.5 Å². The van der Waals surface area contributed by atoms with Crippen LogP contribution in [0, 0.1) is 6.92 Å². The highest BCUT2D eigenvalue weighted by molar-refractivity contribution is 5.97. The van der Waals surface area contributed by atoms with Gasteiger partial charge in [0, 0.05) is 18.1 Å². The van der Waals surface area contributed by atoms with Crippen molar-refractivity contribution in [3.8, 4) is 5.69 Å². The van der Waals surface area contributed by atoms with E-state index in [1.807, 2.05) is 37.4 Å². The van der Waals surface area contributed by atoms with Crippen LogP contribution in [0.1, 0.15) is 18.4 Å². The summed E-state index contributed by atoms with van der Waals surface area (Å²) in [7, 11) is 0. The molecule has 1 aliphatic rings. The first-order valence-electron chi connectivity index (χ1n) is 8.55. The first-order chi connectivity index (χ1) is 12.7. The monoisotopic (exact) mass is 388 g/mol. The molecule has 9 nitrogen and oxygen atoms in total. The maximum absolute atomic E-state index is 13.2. The number of aryl methyl sites for hydroxylation is 1. The second kappa shape index (κ2) is 7.85. The van der Waals surface area contributed by atoms with Gasteiger partial charge in [-0.05, 0) is 67.0 Å². The van der Waals surface area contributed by atoms with Crippen molar-refractivity contribution < 1.29 is 4.79 Å². The highest BCUT2D eigenvalue weighted by Crippen LogP contribution is 2.29. The number of tetrazole rings is 1. The molecule has 0 atom stereocenters. The molecule has 3 aromatic rings. The summed E-state index contributed by atoms with van der Waals surface area (Å²) >= 11 is 0. The number of amides is 1. The molecule has 1 aliphatic heterocycles. The number of anilines is 1. The van der Waals surface area contributed by atoms with E-state index in [9.17, 15) is 4.79 Å². The molecule has 0 spiro atoms. The lowest BCUT2D eigenvalue weighted by Crippen LogP contribution is -2.52. The number of nitrogens with one attached hydrogen (secondary N) is 2. The standard InChI is InChI=1S/C17H20N8O.ClH/c1-13-3-4-14(11-15(13)24-12-19-22-23-24)21-16(26)17(5-8-18-9-6-17)25-10-2-7-20-25;/h2-4,7,10-12,18H,5-6,8-9H2,1H3,(H,21,26);1H. The third-order valence-electron chi connectivity index (χ3n) is 4.86. The molecule has 2 N–H and O–H groups in total. The van der Waals surface area contributed by atoms with E-state index < -0.39 is 5.54 Å². The quantitative estimate of drug-likeness (QED) is 0.698. The zero-order valence-corrected chi connectivity index (χ0v) is 15.7. The number of hydrogen-bond acceptors (Lipinski definition) is 6. The molecule has 1 amide bonds. The molecular weight excluding hydrogens is 368 g/mol. The van der Waals surface area contributed by atoms with Crippen molar-refractivity contribution in [2.45, 2.75) is 25.3 Å². The van der Waals surface area contributed by atoms with Gasteiger partial charge >= 0.3 is 0 Å². The Labute approximate surface area is 162 Å². The molecular formula is C17H21ClN8O. The molecule has 0 bridgehead atoms. The summed E-state index contributed by atoms with van der Waals surface area (Å²) in [4.78, 5) is 13.2. The first-order valence-corrected chi connectivity index (χ1v) is 8.55. The number of piperidine rings is 1. The summed E-state index contributed by atoms with van der Waals surface area (Å²) < 4.78 is 3.36. The lowest BCUT2D eigenvalue weighted by atomic mass is 9.87. The zero-order valence-electron chi connectivity index (χ0n) is 14.9. The van der Waals surface area contributed by atoms with Crippen LogP contribution in [0.4, 0.5) is 5.69 Å². The van der Waals surface area contributed by atoms with E-state index in [0.29, 0.717) is 18.5 Å². The normalized spacial score (nSPS) is 15.7. The zero-order chi connectivity index (χ0) is 18.0. The first kappa shape index (κ1) is 19.0. The van der Waals surface area contributed by atoms with Crippen LogP contribution in [0.5, 0.6) is 0 Å². The van der Waals surface area contributed by atoms with Gasteiger partial charge in [-0.3, -0.25) is 9.48 Å². The molecule has 1 fully saturated rings. The number of nitrogens with zero attached hydrogens (tertiary/aromatic N) is 6. The van der Waals surface area contributed by atoms with E-state index in [2.05, 4.69) is 31.3 Å². The Kier molecular flexibility index (Phi) is 5.52. The maximum Gasteiger partial charge on any atom is 0.252 e. The summed E-state index contributed by atoms with van der Waals surface area (Å²) in [6.07, 6.45) is 6.47. The lowest BCUT2D eigenvalue weighted by molar-refractivity contribution is -0.126. The predicted molar refractivity (Wildman–Crippen MR) is 102 cm³/mol. The second-order valence-electron chi connectivity index (χ2n) is 6.44. The van der Waals surface area contributed by atoms with Gasteiger partial charge in [-0.1, -0.05) is 6.07 Å². The summed E-state index contributed by atoms with van der Waals surface area (Å²) in [5.74, 6) is -0.0609. The van der Waals surface area contributed by atoms with Crippen molar-refractivity contribution >= 4 is 24.0 Å². The average Bonchev–Trinajstić information content (AvgIpc) is 3.38. The van der Waals surface area contributed by atoms with E-state index in [4.69, 9.17) is 0 Å².